The van der Waals surface area contributed by atoms with E-state index < -0.39 is 11.7 Å². The van der Waals surface area contributed by atoms with Crippen LogP contribution in [-0.2, 0) is 24.1 Å². The molecule has 1 fully saturated rings. The molecule has 0 radical (unpaired) electrons. The second-order valence-corrected chi connectivity index (χ2v) is 7.56. The van der Waals surface area contributed by atoms with Gasteiger partial charge in [-0.3, -0.25) is 0 Å². The Kier molecular flexibility index (Phi) is 5.46. The number of rotatable bonds is 4. The predicted molar refractivity (Wildman–Crippen MR) is 109 cm³/mol. The van der Waals surface area contributed by atoms with Crippen LogP contribution in [0, 0.1) is 13.8 Å². The predicted octanol–water partition coefficient (Wildman–Crippen LogP) is 4.05. The van der Waals surface area contributed by atoms with Crippen LogP contribution in [0.2, 0.25) is 0 Å². The van der Waals surface area contributed by atoms with E-state index >= 15 is 0 Å². The maximum atomic E-state index is 13.3. The molecular weight excluding hydrogens is 395 g/mol. The Balaban J connectivity index is 1.81. The van der Waals surface area contributed by atoms with Crippen molar-refractivity contribution in [1.82, 2.24) is 9.55 Å². The maximum absolute atomic E-state index is 13.3. The molecule has 8 heteroatoms. The number of morpholine rings is 1. The number of nitrogens with zero attached hydrogens (tertiary/aromatic N) is 3. The van der Waals surface area contributed by atoms with Gasteiger partial charge in [0, 0.05) is 30.9 Å². The molecule has 1 aliphatic rings. The zero-order valence-corrected chi connectivity index (χ0v) is 17.0. The summed E-state index contributed by atoms with van der Waals surface area (Å²) in [5.74, 6) is 0.690. The number of anilines is 1. The van der Waals surface area contributed by atoms with Gasteiger partial charge in [0.15, 0.2) is 0 Å². The average molecular weight is 419 g/mol. The molecule has 1 N–H and O–H groups in total. The van der Waals surface area contributed by atoms with Crippen molar-refractivity contribution in [3.63, 3.8) is 0 Å². The van der Waals surface area contributed by atoms with Crippen molar-refractivity contribution < 1.29 is 23.0 Å². The zero-order chi connectivity index (χ0) is 21.5. The number of imidazole rings is 1. The molecule has 5 nitrogen and oxygen atoms in total. The summed E-state index contributed by atoms with van der Waals surface area (Å²) >= 11 is 0. The molecule has 0 atom stereocenters. The van der Waals surface area contributed by atoms with Gasteiger partial charge >= 0.3 is 6.18 Å². The summed E-state index contributed by atoms with van der Waals surface area (Å²) in [6.45, 7) is 6.21. The molecule has 0 saturated carbocycles. The molecule has 4 rings (SSSR count). The van der Waals surface area contributed by atoms with Gasteiger partial charge in [-0.1, -0.05) is 12.1 Å². The number of aliphatic hydroxyl groups excluding tert-OH is 1. The number of alkyl halides is 3. The van der Waals surface area contributed by atoms with Crippen LogP contribution in [0.25, 0.3) is 11.0 Å². The molecule has 1 aromatic heterocycles. The molecule has 0 unspecified atom stereocenters. The lowest BCUT2D eigenvalue weighted by Crippen LogP contribution is -2.36. The number of hydrogen-bond acceptors (Lipinski definition) is 4. The second kappa shape index (κ2) is 7.92. The van der Waals surface area contributed by atoms with Gasteiger partial charge in [-0.05, 0) is 43.2 Å². The van der Waals surface area contributed by atoms with Crippen molar-refractivity contribution in [3.8, 4) is 0 Å². The Hall–Kier alpha value is -2.58. The summed E-state index contributed by atoms with van der Waals surface area (Å²) < 4.78 is 47.3. The van der Waals surface area contributed by atoms with Gasteiger partial charge in [0.2, 0.25) is 0 Å². The van der Waals surface area contributed by atoms with Crippen molar-refractivity contribution in [1.29, 1.82) is 0 Å². The number of benzene rings is 2. The minimum atomic E-state index is -4.39. The lowest BCUT2D eigenvalue weighted by atomic mass is 10.0. The molecule has 2 aromatic carbocycles. The fourth-order valence-electron chi connectivity index (χ4n) is 4.05. The van der Waals surface area contributed by atoms with E-state index in [-0.39, 0.29) is 18.7 Å². The number of halogens is 3. The van der Waals surface area contributed by atoms with Crippen molar-refractivity contribution in [3.05, 3.63) is 58.4 Å². The van der Waals surface area contributed by atoms with Crippen LogP contribution in [0.3, 0.4) is 0 Å². The lowest BCUT2D eigenvalue weighted by Gasteiger charge is -2.29. The van der Waals surface area contributed by atoms with Crippen molar-refractivity contribution >= 4 is 16.7 Å². The van der Waals surface area contributed by atoms with Gasteiger partial charge in [-0.15, -0.1) is 0 Å². The van der Waals surface area contributed by atoms with Gasteiger partial charge < -0.3 is 19.3 Å². The van der Waals surface area contributed by atoms with E-state index in [2.05, 4.69) is 9.88 Å². The third kappa shape index (κ3) is 3.77. The first-order chi connectivity index (χ1) is 14.3. The molecule has 0 bridgehead atoms. The number of fused-ring (bicyclic) bond motifs is 1. The zero-order valence-electron chi connectivity index (χ0n) is 17.0. The van der Waals surface area contributed by atoms with E-state index in [1.807, 2.05) is 23.6 Å². The van der Waals surface area contributed by atoms with E-state index in [0.717, 1.165) is 30.4 Å². The molecule has 1 aliphatic heterocycles. The normalized spacial score (nSPS) is 15.2. The fourth-order valence-corrected chi connectivity index (χ4v) is 4.05. The number of aryl methyl sites for hydroxylation is 1. The third-order valence-electron chi connectivity index (χ3n) is 5.73. The van der Waals surface area contributed by atoms with Crippen molar-refractivity contribution in [2.24, 2.45) is 0 Å². The van der Waals surface area contributed by atoms with Crippen LogP contribution in [0.1, 0.15) is 28.1 Å². The smallest absolute Gasteiger partial charge is 0.392 e. The summed E-state index contributed by atoms with van der Waals surface area (Å²) in [5.41, 5.74) is 3.34. The van der Waals surface area contributed by atoms with E-state index in [0.29, 0.717) is 35.7 Å². The molecule has 2 heterocycles. The number of aromatic nitrogens is 2. The highest BCUT2D eigenvalue weighted by atomic mass is 19.4. The summed E-state index contributed by atoms with van der Waals surface area (Å²) in [6, 6.07) is 8.20. The third-order valence-corrected chi connectivity index (χ3v) is 5.73. The Morgan fingerprint density at radius 1 is 1.10 bits per heavy atom. The first-order valence-electron chi connectivity index (χ1n) is 9.88. The van der Waals surface area contributed by atoms with Crippen LogP contribution in [0.4, 0.5) is 18.9 Å². The molecule has 1 saturated heterocycles. The van der Waals surface area contributed by atoms with Crippen LogP contribution < -0.4 is 4.90 Å². The number of hydrogen-bond donors (Lipinski definition) is 1. The van der Waals surface area contributed by atoms with Crippen molar-refractivity contribution in [2.75, 3.05) is 31.2 Å². The summed E-state index contributed by atoms with van der Waals surface area (Å²) in [6.07, 6.45) is -4.39. The highest BCUT2D eigenvalue weighted by molar-refractivity contribution is 5.84. The van der Waals surface area contributed by atoms with E-state index in [9.17, 15) is 18.3 Å². The quantitative estimate of drug-likeness (QED) is 0.693. The second-order valence-electron chi connectivity index (χ2n) is 7.56. The maximum Gasteiger partial charge on any atom is 0.416 e. The Bertz CT molecular complexity index is 1070. The minimum Gasteiger partial charge on any atom is -0.392 e. The van der Waals surface area contributed by atoms with Gasteiger partial charge in [0.05, 0.1) is 36.4 Å². The van der Waals surface area contributed by atoms with Crippen LogP contribution in [0.5, 0.6) is 0 Å². The van der Waals surface area contributed by atoms with Gasteiger partial charge in [0.1, 0.15) is 5.82 Å². The van der Waals surface area contributed by atoms with Crippen LogP contribution in [-0.4, -0.2) is 41.0 Å². The summed E-state index contributed by atoms with van der Waals surface area (Å²) in [7, 11) is 0. The highest BCUT2D eigenvalue weighted by Crippen LogP contribution is 2.34. The molecule has 160 valence electrons. The molecule has 0 aliphatic carbocycles. The Morgan fingerprint density at radius 2 is 1.83 bits per heavy atom. The monoisotopic (exact) mass is 419 g/mol. The molecular formula is C22H24F3N3O2. The SMILES string of the molecule is Cc1c(Cn2c(C)nc3c(CO)cc(N4CCOCC4)cc32)cccc1C(F)(F)F. The first-order valence-corrected chi connectivity index (χ1v) is 9.88. The molecule has 0 spiro atoms. The molecule has 3 aromatic rings. The van der Waals surface area contributed by atoms with E-state index in [1.165, 1.54) is 13.0 Å². The Morgan fingerprint density at radius 3 is 2.50 bits per heavy atom. The molecule has 30 heavy (non-hydrogen) atoms. The fraction of sp³-hybridized carbons (Fsp3) is 0.409. The number of ether oxygens (including phenoxy) is 1. The molecule has 0 amide bonds. The van der Waals surface area contributed by atoms with Gasteiger partial charge in [0.25, 0.3) is 0 Å². The standard InChI is InChI=1S/C22H24F3N3O2/c1-14-16(4-3-5-19(14)22(23,24)25)12-28-15(2)26-21-17(13-29)10-18(11-20(21)28)27-6-8-30-9-7-27/h3-5,10-11,29H,6-9,12-13H2,1-2H3. The summed E-state index contributed by atoms with van der Waals surface area (Å²) in [4.78, 5) is 6.79. The van der Waals surface area contributed by atoms with Gasteiger partial charge in [-0.25, -0.2) is 4.98 Å². The van der Waals surface area contributed by atoms with Gasteiger partial charge in [-0.2, -0.15) is 13.2 Å². The lowest BCUT2D eigenvalue weighted by molar-refractivity contribution is -0.138. The average Bonchev–Trinajstić information content (AvgIpc) is 3.04. The number of aliphatic hydroxyl groups is 1. The van der Waals surface area contributed by atoms with E-state index in [4.69, 9.17) is 4.74 Å². The van der Waals surface area contributed by atoms with Crippen LogP contribution >= 0.6 is 0 Å². The first kappa shape index (κ1) is 20.7. The minimum absolute atomic E-state index is 0.159. The van der Waals surface area contributed by atoms with E-state index in [1.54, 1.807) is 6.07 Å². The largest absolute Gasteiger partial charge is 0.416 e. The Labute approximate surface area is 172 Å². The highest BCUT2D eigenvalue weighted by Gasteiger charge is 2.33. The van der Waals surface area contributed by atoms with Crippen molar-refractivity contribution in [2.45, 2.75) is 33.2 Å². The summed E-state index contributed by atoms with van der Waals surface area (Å²) in [5, 5.41) is 9.90. The topological polar surface area (TPSA) is 50.5 Å². The van der Waals surface area contributed by atoms with Crippen LogP contribution in [0.15, 0.2) is 30.3 Å².